The van der Waals surface area contributed by atoms with Crippen molar-refractivity contribution in [2.24, 2.45) is 5.92 Å². The Labute approximate surface area is 320 Å². The minimum Gasteiger partial charge on any atom is -0.383 e. The van der Waals surface area contributed by atoms with Gasteiger partial charge in [0.25, 0.3) is 0 Å². The Kier molecular flexibility index (Phi) is 17.3. The number of fused-ring (bicyclic) bond motifs is 1. The van der Waals surface area contributed by atoms with Crippen molar-refractivity contribution >= 4 is 27.0 Å². The van der Waals surface area contributed by atoms with Crippen molar-refractivity contribution in [2.75, 3.05) is 6.26 Å². The summed E-state index contributed by atoms with van der Waals surface area (Å²) in [6.45, 7) is 17.4. The van der Waals surface area contributed by atoms with Gasteiger partial charge < -0.3 is 4.18 Å². The Hall–Kier alpha value is -4.93. The predicted molar refractivity (Wildman–Crippen MR) is 230 cm³/mol. The standard InChI is InChI=1S/C15H16.C13H14.C11H14.C10H14O3S/c1-12(2)13-8-10-15(11-9-13)14-6-4-3-5-7-14;1-10(2)12-8-7-11-5-3-4-6-13(11)9-12;1-10(2)8-9-11-6-4-3-5-7-11;1-8(2)9-4-6-10(7-5-9)13-14(3,11)12/h3-12H,1-2H3;3-10H,1-2H3;3-10H,1-2H3;4-8H,1-3H3/b;;9-8+;. The smallest absolute Gasteiger partial charge is 0.306 e. The van der Waals surface area contributed by atoms with Crippen molar-refractivity contribution in [3.63, 3.8) is 0 Å². The Bertz CT molecular complexity index is 2040. The van der Waals surface area contributed by atoms with Gasteiger partial charge in [-0.1, -0.05) is 207 Å². The van der Waals surface area contributed by atoms with Crippen LogP contribution in [-0.4, -0.2) is 14.7 Å². The molecule has 4 heteroatoms. The van der Waals surface area contributed by atoms with Gasteiger partial charge in [0.1, 0.15) is 5.75 Å². The van der Waals surface area contributed by atoms with Crippen LogP contribution in [0.2, 0.25) is 0 Å². The fourth-order valence-corrected chi connectivity index (χ4v) is 5.67. The summed E-state index contributed by atoms with van der Waals surface area (Å²) >= 11 is 0. The van der Waals surface area contributed by atoms with E-state index in [-0.39, 0.29) is 0 Å². The highest BCUT2D eigenvalue weighted by Crippen LogP contribution is 2.23. The average molecular weight is 727 g/mol. The maximum absolute atomic E-state index is 10.8. The molecule has 0 heterocycles. The molecule has 0 aromatic heterocycles. The third kappa shape index (κ3) is 16.1. The molecule has 6 aromatic rings. The molecule has 6 aromatic carbocycles. The summed E-state index contributed by atoms with van der Waals surface area (Å²) in [5.74, 6) is 2.65. The predicted octanol–water partition coefficient (Wildman–Crippen LogP) is 13.9. The molecule has 6 rings (SSSR count). The zero-order valence-electron chi connectivity index (χ0n) is 33.0. The first-order valence-electron chi connectivity index (χ1n) is 18.6. The second-order valence-electron chi connectivity index (χ2n) is 14.4. The Morgan fingerprint density at radius 1 is 0.472 bits per heavy atom. The van der Waals surface area contributed by atoms with E-state index in [1.54, 1.807) is 12.1 Å². The van der Waals surface area contributed by atoms with E-state index in [1.807, 2.05) is 24.3 Å². The normalized spacial score (nSPS) is 11.1. The SMILES string of the molecule is CC(C)/C=C/c1ccccc1.CC(C)c1ccc(-c2ccccc2)cc1.CC(C)c1ccc(OS(C)(=O)=O)cc1.CC(C)c1ccc2ccccc2c1. The minimum atomic E-state index is -3.41. The van der Waals surface area contributed by atoms with Gasteiger partial charge in [-0.05, 0) is 80.0 Å². The Morgan fingerprint density at radius 2 is 0.906 bits per heavy atom. The number of benzene rings is 6. The quantitative estimate of drug-likeness (QED) is 0.147. The van der Waals surface area contributed by atoms with Gasteiger partial charge >= 0.3 is 10.1 Å². The molecule has 0 bridgehead atoms. The van der Waals surface area contributed by atoms with E-state index in [0.29, 0.717) is 29.4 Å². The molecule has 0 fully saturated rings. The fraction of sp³-hybridized carbons (Fsp3) is 0.265. The lowest BCUT2D eigenvalue weighted by Crippen LogP contribution is -2.05. The van der Waals surface area contributed by atoms with Crippen LogP contribution in [0.5, 0.6) is 5.75 Å². The molecule has 0 aliphatic rings. The summed E-state index contributed by atoms with van der Waals surface area (Å²) in [7, 11) is -3.41. The van der Waals surface area contributed by atoms with E-state index >= 15 is 0 Å². The molecule has 53 heavy (non-hydrogen) atoms. The monoisotopic (exact) mass is 726 g/mol. The highest BCUT2D eigenvalue weighted by Gasteiger charge is 2.05. The van der Waals surface area contributed by atoms with Crippen LogP contribution >= 0.6 is 0 Å². The van der Waals surface area contributed by atoms with Crippen molar-refractivity contribution < 1.29 is 12.6 Å². The first kappa shape index (κ1) is 42.5. The summed E-state index contributed by atoms with van der Waals surface area (Å²) in [5.41, 5.74) is 7.83. The van der Waals surface area contributed by atoms with Crippen LogP contribution < -0.4 is 4.18 Å². The second-order valence-corrected chi connectivity index (χ2v) is 16.0. The first-order chi connectivity index (χ1) is 25.2. The van der Waals surface area contributed by atoms with Crippen molar-refractivity contribution in [1.29, 1.82) is 0 Å². The van der Waals surface area contributed by atoms with Gasteiger partial charge in [-0.15, -0.1) is 0 Å². The Balaban J connectivity index is 0.000000191. The van der Waals surface area contributed by atoms with Gasteiger partial charge in [0.2, 0.25) is 0 Å². The number of hydrogen-bond acceptors (Lipinski definition) is 3. The third-order valence-electron chi connectivity index (χ3n) is 8.39. The number of hydrogen-bond donors (Lipinski definition) is 0. The van der Waals surface area contributed by atoms with Gasteiger partial charge in [-0.25, -0.2) is 0 Å². The molecular weight excluding hydrogens is 669 g/mol. The molecule has 0 amide bonds. The number of rotatable bonds is 8. The summed E-state index contributed by atoms with van der Waals surface area (Å²) < 4.78 is 26.3. The van der Waals surface area contributed by atoms with Crippen LogP contribution in [0.4, 0.5) is 0 Å². The van der Waals surface area contributed by atoms with Gasteiger partial charge in [0.05, 0.1) is 6.26 Å². The zero-order valence-corrected chi connectivity index (χ0v) is 33.8. The summed E-state index contributed by atoms with van der Waals surface area (Å²) in [5, 5.41) is 2.67. The molecule has 0 saturated heterocycles. The average Bonchev–Trinajstić information content (AvgIpc) is 3.15. The molecule has 0 spiro atoms. The van der Waals surface area contributed by atoms with Crippen LogP contribution in [0.3, 0.4) is 0 Å². The van der Waals surface area contributed by atoms with Gasteiger partial charge in [0, 0.05) is 0 Å². The molecule has 0 unspecified atom stereocenters. The molecular formula is C49H58O3S. The van der Waals surface area contributed by atoms with Gasteiger partial charge in [-0.2, -0.15) is 8.42 Å². The van der Waals surface area contributed by atoms with Crippen molar-refractivity contribution in [3.8, 4) is 16.9 Å². The maximum atomic E-state index is 10.8. The summed E-state index contributed by atoms with van der Waals surface area (Å²) in [6.07, 6.45) is 5.39. The molecule has 0 saturated carbocycles. The largest absolute Gasteiger partial charge is 0.383 e. The molecule has 3 nitrogen and oxygen atoms in total. The van der Waals surface area contributed by atoms with Crippen LogP contribution in [0.25, 0.3) is 28.0 Å². The third-order valence-corrected chi connectivity index (χ3v) is 8.89. The first-order valence-corrected chi connectivity index (χ1v) is 20.4. The van der Waals surface area contributed by atoms with E-state index in [1.165, 1.54) is 38.6 Å². The summed E-state index contributed by atoms with van der Waals surface area (Å²) in [4.78, 5) is 0. The fourth-order valence-electron chi connectivity index (χ4n) is 5.21. The summed E-state index contributed by atoms with van der Waals surface area (Å²) in [6, 6.07) is 51.9. The molecule has 0 atom stereocenters. The van der Waals surface area contributed by atoms with Gasteiger partial charge in [-0.3, -0.25) is 0 Å². The zero-order chi connectivity index (χ0) is 38.8. The highest BCUT2D eigenvalue weighted by atomic mass is 32.2. The van der Waals surface area contributed by atoms with E-state index in [0.717, 1.165) is 11.8 Å². The van der Waals surface area contributed by atoms with E-state index in [9.17, 15) is 8.42 Å². The Morgan fingerprint density at radius 3 is 1.40 bits per heavy atom. The van der Waals surface area contributed by atoms with Crippen LogP contribution in [0.15, 0.2) is 158 Å². The van der Waals surface area contributed by atoms with Crippen molar-refractivity contribution in [3.05, 3.63) is 180 Å². The van der Waals surface area contributed by atoms with E-state index in [2.05, 4.69) is 183 Å². The lowest BCUT2D eigenvalue weighted by Gasteiger charge is -2.06. The molecule has 278 valence electrons. The molecule has 0 N–H and O–H groups in total. The lowest BCUT2D eigenvalue weighted by molar-refractivity contribution is 0.493. The van der Waals surface area contributed by atoms with Crippen LogP contribution in [0, 0.1) is 5.92 Å². The lowest BCUT2D eigenvalue weighted by atomic mass is 9.99. The van der Waals surface area contributed by atoms with E-state index in [4.69, 9.17) is 4.18 Å². The topological polar surface area (TPSA) is 43.4 Å². The van der Waals surface area contributed by atoms with E-state index < -0.39 is 10.1 Å². The molecule has 0 radical (unpaired) electrons. The second kappa shape index (κ2) is 21.6. The molecule has 0 aliphatic carbocycles. The maximum Gasteiger partial charge on any atom is 0.306 e. The van der Waals surface area contributed by atoms with Crippen molar-refractivity contribution in [2.45, 2.75) is 73.1 Å². The minimum absolute atomic E-state index is 0.358. The van der Waals surface area contributed by atoms with Crippen molar-refractivity contribution in [1.82, 2.24) is 0 Å². The number of allylic oxidation sites excluding steroid dienone is 1. The highest BCUT2D eigenvalue weighted by molar-refractivity contribution is 7.86. The van der Waals surface area contributed by atoms with Gasteiger partial charge in [0.15, 0.2) is 0 Å². The molecule has 0 aliphatic heterocycles. The van der Waals surface area contributed by atoms with Crippen LogP contribution in [0.1, 0.15) is 95.4 Å². The van der Waals surface area contributed by atoms with Crippen LogP contribution in [-0.2, 0) is 10.1 Å².